The molecule has 0 spiro atoms. The van der Waals surface area contributed by atoms with Gasteiger partial charge in [-0.15, -0.1) is 0 Å². The van der Waals surface area contributed by atoms with Gasteiger partial charge in [0.15, 0.2) is 0 Å². The summed E-state index contributed by atoms with van der Waals surface area (Å²) >= 11 is 0. The molecule has 1 aromatic heterocycles. The minimum Gasteiger partial charge on any atom is -0.392 e. The highest BCUT2D eigenvalue weighted by molar-refractivity contribution is 5.81. The number of hydrogen-bond donors (Lipinski definition) is 1. The van der Waals surface area contributed by atoms with Crippen LogP contribution in [0.1, 0.15) is 5.56 Å². The molecule has 1 heterocycles. The predicted molar refractivity (Wildman–Crippen MR) is 45.5 cm³/mol. The van der Waals surface area contributed by atoms with E-state index in [4.69, 9.17) is 5.11 Å². The van der Waals surface area contributed by atoms with Crippen molar-refractivity contribution in [3.05, 3.63) is 36.2 Å². The molecule has 1 N–H and O–H groups in total. The Balaban J connectivity index is 2.67. The van der Waals surface area contributed by atoms with Crippen LogP contribution in [0.25, 0.3) is 10.8 Å². The van der Waals surface area contributed by atoms with Crippen LogP contribution in [0.2, 0.25) is 0 Å². The molecule has 0 fully saturated rings. The number of aliphatic hydroxyl groups is 1. The zero-order chi connectivity index (χ0) is 8.39. The number of benzene rings is 1. The Morgan fingerprint density at radius 2 is 1.83 bits per heavy atom. The third-order valence-corrected chi connectivity index (χ3v) is 1.79. The van der Waals surface area contributed by atoms with Crippen molar-refractivity contribution in [1.82, 2.24) is 10.2 Å². The Morgan fingerprint density at radius 1 is 1.08 bits per heavy atom. The lowest BCUT2D eigenvalue weighted by Crippen LogP contribution is -1.84. The molecule has 0 aliphatic rings. The fourth-order valence-electron chi connectivity index (χ4n) is 1.14. The van der Waals surface area contributed by atoms with Crippen LogP contribution in [0.15, 0.2) is 30.6 Å². The maximum atomic E-state index is 8.86. The van der Waals surface area contributed by atoms with Crippen molar-refractivity contribution in [3.63, 3.8) is 0 Å². The van der Waals surface area contributed by atoms with Gasteiger partial charge in [-0.1, -0.05) is 12.1 Å². The predicted octanol–water partition coefficient (Wildman–Crippen LogP) is 1.12. The van der Waals surface area contributed by atoms with E-state index in [0.717, 1.165) is 16.3 Å². The average Bonchev–Trinajstić information content (AvgIpc) is 2.17. The zero-order valence-electron chi connectivity index (χ0n) is 6.44. The van der Waals surface area contributed by atoms with Crippen LogP contribution in [-0.4, -0.2) is 15.3 Å². The van der Waals surface area contributed by atoms with Gasteiger partial charge in [-0.2, -0.15) is 10.2 Å². The van der Waals surface area contributed by atoms with Gasteiger partial charge in [-0.25, -0.2) is 0 Å². The molecule has 0 saturated heterocycles. The lowest BCUT2D eigenvalue weighted by atomic mass is 10.1. The number of rotatable bonds is 1. The van der Waals surface area contributed by atoms with Crippen molar-refractivity contribution < 1.29 is 5.11 Å². The minimum absolute atomic E-state index is 0.0677. The van der Waals surface area contributed by atoms with Gasteiger partial charge in [0.1, 0.15) is 0 Å². The molecule has 0 saturated carbocycles. The molecule has 0 atom stereocenters. The first-order chi connectivity index (χ1) is 5.90. The van der Waals surface area contributed by atoms with Gasteiger partial charge in [-0.3, -0.25) is 0 Å². The number of hydrogen-bond acceptors (Lipinski definition) is 3. The van der Waals surface area contributed by atoms with Crippen molar-refractivity contribution in [1.29, 1.82) is 0 Å². The smallest absolute Gasteiger partial charge is 0.0682 e. The van der Waals surface area contributed by atoms with Crippen LogP contribution in [0.3, 0.4) is 0 Å². The van der Waals surface area contributed by atoms with Crippen LogP contribution in [0.4, 0.5) is 0 Å². The summed E-state index contributed by atoms with van der Waals surface area (Å²) in [5.41, 5.74) is 0.899. The van der Waals surface area contributed by atoms with E-state index in [9.17, 15) is 0 Å². The molecule has 3 heteroatoms. The molecule has 0 radical (unpaired) electrons. The quantitative estimate of drug-likeness (QED) is 0.680. The largest absolute Gasteiger partial charge is 0.392 e. The first kappa shape index (κ1) is 7.18. The molecule has 12 heavy (non-hydrogen) atoms. The van der Waals surface area contributed by atoms with Crippen LogP contribution < -0.4 is 0 Å². The molecule has 0 bridgehead atoms. The number of nitrogens with zero attached hydrogens (tertiary/aromatic N) is 2. The second-order valence-corrected chi connectivity index (χ2v) is 2.61. The molecular weight excluding hydrogens is 152 g/mol. The Bertz CT molecular complexity index is 400. The number of fused-ring (bicyclic) bond motifs is 1. The SMILES string of the molecule is OCc1ccc2cnncc2c1. The van der Waals surface area contributed by atoms with E-state index in [1.165, 1.54) is 0 Å². The molecule has 2 rings (SSSR count). The highest BCUT2D eigenvalue weighted by atomic mass is 16.3. The van der Waals surface area contributed by atoms with Gasteiger partial charge in [0.2, 0.25) is 0 Å². The highest BCUT2D eigenvalue weighted by Crippen LogP contribution is 2.12. The van der Waals surface area contributed by atoms with Crippen molar-refractivity contribution in [2.75, 3.05) is 0 Å². The minimum atomic E-state index is 0.0677. The van der Waals surface area contributed by atoms with Crippen molar-refractivity contribution >= 4 is 10.8 Å². The lowest BCUT2D eigenvalue weighted by Gasteiger charge is -1.97. The second-order valence-electron chi connectivity index (χ2n) is 2.61. The third kappa shape index (κ3) is 1.14. The Morgan fingerprint density at radius 3 is 2.58 bits per heavy atom. The summed E-state index contributed by atoms with van der Waals surface area (Å²) < 4.78 is 0. The summed E-state index contributed by atoms with van der Waals surface area (Å²) in [6.45, 7) is 0.0677. The van der Waals surface area contributed by atoms with Crippen molar-refractivity contribution in [2.45, 2.75) is 6.61 Å². The molecular formula is C9H8N2O. The summed E-state index contributed by atoms with van der Waals surface area (Å²) in [5.74, 6) is 0. The Labute approximate surface area is 69.7 Å². The molecule has 0 aliphatic heterocycles. The summed E-state index contributed by atoms with van der Waals surface area (Å²) in [6.07, 6.45) is 3.39. The summed E-state index contributed by atoms with van der Waals surface area (Å²) in [6, 6.07) is 5.71. The standard InChI is InChI=1S/C9H8N2O/c12-6-7-1-2-8-4-10-11-5-9(8)3-7/h1-5,12H,6H2. The molecule has 0 unspecified atom stereocenters. The maximum absolute atomic E-state index is 8.86. The van der Waals surface area contributed by atoms with Gasteiger partial charge in [-0.05, 0) is 11.6 Å². The van der Waals surface area contributed by atoms with E-state index >= 15 is 0 Å². The highest BCUT2D eigenvalue weighted by Gasteiger charge is 1.94. The molecule has 0 aliphatic carbocycles. The van der Waals surface area contributed by atoms with Crippen molar-refractivity contribution in [3.8, 4) is 0 Å². The monoisotopic (exact) mass is 160 g/mol. The average molecular weight is 160 g/mol. The maximum Gasteiger partial charge on any atom is 0.0682 e. The fraction of sp³-hybridized carbons (Fsp3) is 0.111. The first-order valence-electron chi connectivity index (χ1n) is 3.70. The van der Waals surface area contributed by atoms with Crippen LogP contribution in [-0.2, 0) is 6.61 Å². The molecule has 1 aromatic carbocycles. The molecule has 0 amide bonds. The molecule has 3 nitrogen and oxygen atoms in total. The summed E-state index contributed by atoms with van der Waals surface area (Å²) in [7, 11) is 0. The van der Waals surface area contributed by atoms with E-state index in [1.807, 2.05) is 18.2 Å². The van der Waals surface area contributed by atoms with Gasteiger partial charge in [0.05, 0.1) is 19.0 Å². The van der Waals surface area contributed by atoms with E-state index in [0.29, 0.717) is 0 Å². The fourth-order valence-corrected chi connectivity index (χ4v) is 1.14. The first-order valence-corrected chi connectivity index (χ1v) is 3.70. The van der Waals surface area contributed by atoms with Gasteiger partial charge < -0.3 is 5.11 Å². The van der Waals surface area contributed by atoms with E-state index < -0.39 is 0 Å². The van der Waals surface area contributed by atoms with Gasteiger partial charge >= 0.3 is 0 Å². The molecule has 2 aromatic rings. The Kier molecular flexibility index (Phi) is 1.72. The topological polar surface area (TPSA) is 46.0 Å². The third-order valence-electron chi connectivity index (χ3n) is 1.79. The van der Waals surface area contributed by atoms with E-state index in [1.54, 1.807) is 12.4 Å². The van der Waals surface area contributed by atoms with Gasteiger partial charge in [0, 0.05) is 10.8 Å². The summed E-state index contributed by atoms with van der Waals surface area (Å²) in [5, 5.41) is 18.4. The van der Waals surface area contributed by atoms with Crippen molar-refractivity contribution in [2.24, 2.45) is 0 Å². The van der Waals surface area contributed by atoms with E-state index in [2.05, 4.69) is 10.2 Å². The summed E-state index contributed by atoms with van der Waals surface area (Å²) in [4.78, 5) is 0. The van der Waals surface area contributed by atoms with Crippen LogP contribution in [0, 0.1) is 0 Å². The second kappa shape index (κ2) is 2.87. The van der Waals surface area contributed by atoms with E-state index in [-0.39, 0.29) is 6.61 Å². The van der Waals surface area contributed by atoms with Gasteiger partial charge in [0.25, 0.3) is 0 Å². The zero-order valence-corrected chi connectivity index (χ0v) is 6.44. The number of aromatic nitrogens is 2. The van der Waals surface area contributed by atoms with Crippen LogP contribution in [0.5, 0.6) is 0 Å². The Hall–Kier alpha value is -1.48. The van der Waals surface area contributed by atoms with Crippen LogP contribution >= 0.6 is 0 Å². The normalized spacial score (nSPS) is 10.4. The molecule has 60 valence electrons. The lowest BCUT2D eigenvalue weighted by molar-refractivity contribution is 0.282. The number of aliphatic hydroxyl groups excluding tert-OH is 1.